The summed E-state index contributed by atoms with van der Waals surface area (Å²) in [5.74, 6) is 2.00. The lowest BCUT2D eigenvalue weighted by Crippen LogP contribution is -2.67. The van der Waals surface area contributed by atoms with Crippen molar-refractivity contribution in [3.8, 4) is 0 Å². The van der Waals surface area contributed by atoms with Gasteiger partial charge in [0, 0.05) is 76.5 Å². The third kappa shape index (κ3) is 18.5. The normalized spacial score (nSPS) is 39.5. The van der Waals surface area contributed by atoms with Gasteiger partial charge in [-0.1, -0.05) is 184 Å². The van der Waals surface area contributed by atoms with Crippen LogP contribution in [0.5, 0.6) is 0 Å². The molecule has 5 aliphatic heterocycles. The summed E-state index contributed by atoms with van der Waals surface area (Å²) in [6, 6.07) is 0. The van der Waals surface area contributed by atoms with Gasteiger partial charge in [-0.25, -0.2) is 0 Å². The summed E-state index contributed by atoms with van der Waals surface area (Å²) in [6.45, 7) is 23.9. The number of hydrogen-bond acceptors (Lipinski definition) is 16. The third-order valence-electron chi connectivity index (χ3n) is 22.7. The van der Waals surface area contributed by atoms with Crippen molar-refractivity contribution in [2.75, 3.05) is 52.9 Å². The van der Waals surface area contributed by atoms with Crippen molar-refractivity contribution in [2.24, 2.45) is 47.3 Å². The van der Waals surface area contributed by atoms with Crippen LogP contribution in [-0.2, 0) is 37.9 Å². The summed E-state index contributed by atoms with van der Waals surface area (Å²) in [4.78, 5) is 0. The van der Waals surface area contributed by atoms with Crippen LogP contribution in [0.3, 0.4) is 0 Å². The second kappa shape index (κ2) is 38.8. The summed E-state index contributed by atoms with van der Waals surface area (Å²) < 4.78 is 60.1. The minimum atomic E-state index is -0.307. The average molecular weight is 1240 g/mol. The number of nitrogens with one attached hydrogen (secondary N) is 8. The maximum atomic E-state index is 7.62. The first-order valence-corrected chi connectivity index (χ1v) is 38.4. The summed E-state index contributed by atoms with van der Waals surface area (Å²) in [6.07, 6.45) is 34.3. The van der Waals surface area contributed by atoms with E-state index in [1.807, 2.05) is 0 Å². The van der Waals surface area contributed by atoms with E-state index in [1.165, 1.54) is 51.4 Å². The van der Waals surface area contributed by atoms with Crippen LogP contribution >= 0.6 is 0 Å². The number of ether oxygens (including phenoxy) is 8. The van der Waals surface area contributed by atoms with Crippen molar-refractivity contribution in [2.45, 2.75) is 359 Å². The standard InChI is InChI=1S/C72H136N8O8/c1-9-17-29-41-81-57-53-55(59(83-43-31-19-11-3)63(87-47-35-23-15-7)61(57)85-45-33-21-13-5)71-78-69(53)76-67-51-39-27-25-37-49(51)65(74-67)73-66-50-38-26-28-40-52(50)68(75-66)77-70-54-56(72(79-70)80-71)60(84-44-32-20-12-4)64(88-48-36-24-16-8)62(86-46-34-22-14-6)58(54)82-42-30-18-10-2/h49-80H,9-48H2,1-8H3. The van der Waals surface area contributed by atoms with Gasteiger partial charge in [-0.2, -0.15) is 0 Å². The van der Waals surface area contributed by atoms with E-state index in [0.29, 0.717) is 76.5 Å². The van der Waals surface area contributed by atoms with Crippen LogP contribution in [-0.4, -0.2) is 151 Å². The fourth-order valence-electron chi connectivity index (χ4n) is 18.1. The van der Waals surface area contributed by atoms with Crippen LogP contribution in [0.25, 0.3) is 0 Å². The molecule has 0 aromatic heterocycles. The smallest absolute Gasteiger partial charge is 0.113 e. The van der Waals surface area contributed by atoms with Gasteiger partial charge in [0.25, 0.3) is 0 Å². The molecular weight excluding hydrogens is 1100 g/mol. The molecule has 9 fully saturated rings. The first-order valence-electron chi connectivity index (χ1n) is 38.4. The fraction of sp³-hybridized carbons (Fsp3) is 1.00. The second-order valence-corrected chi connectivity index (χ2v) is 29.0. The first-order chi connectivity index (χ1) is 43.4. The molecule has 0 aromatic carbocycles. The summed E-state index contributed by atoms with van der Waals surface area (Å²) in [7, 11) is 0. The topological polar surface area (TPSA) is 170 Å². The van der Waals surface area contributed by atoms with Crippen molar-refractivity contribution in [3.63, 3.8) is 0 Å². The van der Waals surface area contributed by atoms with E-state index in [4.69, 9.17) is 37.9 Å². The summed E-state index contributed by atoms with van der Waals surface area (Å²) >= 11 is 0. The van der Waals surface area contributed by atoms with E-state index in [-0.39, 0.29) is 122 Å². The molecule has 0 radical (unpaired) electrons. The van der Waals surface area contributed by atoms with Gasteiger partial charge in [0.1, 0.15) is 24.4 Å². The Morgan fingerprint density at radius 1 is 0.205 bits per heavy atom. The summed E-state index contributed by atoms with van der Waals surface area (Å²) in [5.41, 5.74) is 0. The van der Waals surface area contributed by atoms with E-state index in [9.17, 15) is 0 Å². The molecule has 5 heterocycles. The predicted molar refractivity (Wildman–Crippen MR) is 354 cm³/mol. The van der Waals surface area contributed by atoms with E-state index < -0.39 is 0 Å². The number of rotatable bonds is 40. The second-order valence-electron chi connectivity index (χ2n) is 29.0. The Hall–Kier alpha value is -0.640. The molecule has 24 unspecified atom stereocenters. The maximum absolute atomic E-state index is 7.62. The van der Waals surface area contributed by atoms with Gasteiger partial charge in [0.2, 0.25) is 0 Å². The lowest BCUT2D eigenvalue weighted by atomic mass is 9.70. The first kappa shape index (κ1) is 71.6. The van der Waals surface area contributed by atoms with Gasteiger partial charge in [-0.05, 0) is 101 Å². The van der Waals surface area contributed by atoms with Gasteiger partial charge in [-0.3, -0.25) is 42.5 Å². The molecule has 16 nitrogen and oxygen atoms in total. The van der Waals surface area contributed by atoms with Crippen molar-refractivity contribution in [1.82, 2.24) is 42.5 Å². The van der Waals surface area contributed by atoms with Crippen LogP contribution in [0.4, 0.5) is 0 Å². The molecule has 88 heavy (non-hydrogen) atoms. The van der Waals surface area contributed by atoms with Crippen LogP contribution in [0.15, 0.2) is 0 Å². The van der Waals surface area contributed by atoms with E-state index in [1.54, 1.807) is 0 Å². The Kier molecular flexibility index (Phi) is 31.6. The van der Waals surface area contributed by atoms with Gasteiger partial charge < -0.3 is 37.9 Å². The number of fused-ring (bicyclic) bond motifs is 20. The third-order valence-corrected chi connectivity index (χ3v) is 22.7. The van der Waals surface area contributed by atoms with E-state index >= 15 is 0 Å². The minimum absolute atomic E-state index is 0.00190. The molecular formula is C72H136N8O8. The molecule has 4 saturated carbocycles. The zero-order valence-corrected chi connectivity index (χ0v) is 57.4. The van der Waals surface area contributed by atoms with Gasteiger partial charge in [-0.15, -0.1) is 0 Å². The molecule has 8 bridgehead atoms. The predicted octanol–water partition coefficient (Wildman–Crippen LogP) is 12.1. The van der Waals surface area contributed by atoms with E-state index in [2.05, 4.69) is 97.9 Å². The van der Waals surface area contributed by atoms with Crippen molar-refractivity contribution in [3.05, 3.63) is 0 Å². The number of hydrogen-bond donors (Lipinski definition) is 8. The Morgan fingerprint density at radius 3 is 0.545 bits per heavy atom. The highest BCUT2D eigenvalue weighted by molar-refractivity contribution is 5.17. The molecule has 512 valence electrons. The highest BCUT2D eigenvalue weighted by Gasteiger charge is 2.66. The SMILES string of the molecule is CCCCCOC1C(OCCCCC)C(OCCCCC)C2C3NC(NC4NC(NC5NC(NC6NC(N3)C3C(OCCCCC)C(OCCCCC)C(OCCCCC)C(OCCCCC)C63)C3CCCCC53)C3CCCCC43)C2C1OCCCCC. The molecule has 8 N–H and O–H groups in total. The molecule has 9 aliphatic rings. The zero-order valence-electron chi connectivity index (χ0n) is 57.4. The Balaban J connectivity index is 1.21. The maximum Gasteiger partial charge on any atom is 0.113 e. The number of unbranched alkanes of at least 4 members (excludes halogenated alkanes) is 16. The molecule has 16 heteroatoms. The van der Waals surface area contributed by atoms with Crippen molar-refractivity contribution >= 4 is 0 Å². The quantitative estimate of drug-likeness (QED) is 0.0273. The molecule has 0 aromatic rings. The lowest BCUT2D eigenvalue weighted by molar-refractivity contribution is -0.242. The zero-order chi connectivity index (χ0) is 61.5. The van der Waals surface area contributed by atoms with Crippen molar-refractivity contribution in [1.29, 1.82) is 0 Å². The molecule has 9 rings (SSSR count). The van der Waals surface area contributed by atoms with Gasteiger partial charge in [0.15, 0.2) is 0 Å². The molecule has 0 spiro atoms. The Morgan fingerprint density at radius 2 is 0.364 bits per heavy atom. The Bertz CT molecular complexity index is 1740. The molecule has 4 aliphatic carbocycles. The molecule has 24 atom stereocenters. The van der Waals surface area contributed by atoms with Crippen LogP contribution < -0.4 is 42.5 Å². The van der Waals surface area contributed by atoms with Gasteiger partial charge in [0.05, 0.1) is 73.7 Å². The minimum Gasteiger partial charge on any atom is -0.375 e. The van der Waals surface area contributed by atoms with Crippen molar-refractivity contribution < 1.29 is 37.9 Å². The van der Waals surface area contributed by atoms with Crippen LogP contribution in [0.1, 0.15) is 261 Å². The largest absolute Gasteiger partial charge is 0.375 e. The lowest BCUT2D eigenvalue weighted by Gasteiger charge is -2.51. The van der Waals surface area contributed by atoms with Gasteiger partial charge >= 0.3 is 0 Å². The summed E-state index contributed by atoms with van der Waals surface area (Å²) in [5, 5.41) is 35.8. The molecule has 0 amide bonds. The van der Waals surface area contributed by atoms with Crippen LogP contribution in [0.2, 0.25) is 0 Å². The highest BCUT2D eigenvalue weighted by Crippen LogP contribution is 2.50. The average Bonchev–Trinajstić information content (AvgIpc) is 1.56. The molecule has 5 saturated heterocycles. The highest BCUT2D eigenvalue weighted by atomic mass is 16.6. The van der Waals surface area contributed by atoms with E-state index in [0.717, 1.165) is 154 Å². The van der Waals surface area contributed by atoms with Crippen LogP contribution in [0, 0.1) is 47.3 Å². The fourth-order valence-corrected chi connectivity index (χ4v) is 18.1. The monoisotopic (exact) mass is 1240 g/mol. The Labute approximate surface area is 537 Å².